The monoisotopic (exact) mass is 465 g/mol. The fourth-order valence-electron chi connectivity index (χ4n) is 10.7. The van der Waals surface area contributed by atoms with Crippen LogP contribution in [0.1, 0.15) is 32.6 Å². The number of rotatable bonds is 6. The number of ketones is 1. The second-order valence-corrected chi connectivity index (χ2v) is 11.7. The van der Waals surface area contributed by atoms with Crippen molar-refractivity contribution < 1.29 is 34.0 Å². The van der Waals surface area contributed by atoms with Gasteiger partial charge in [-0.25, -0.2) is 0 Å². The Morgan fingerprint density at radius 2 is 1.88 bits per heavy atom. The molecule has 1 saturated heterocycles. The molecule has 186 valence electrons. The summed E-state index contributed by atoms with van der Waals surface area (Å²) in [5, 5.41) is 25.4. The number of ether oxygens (including phenoxy) is 4. The number of nitrogens with zero attached hydrogens (tertiary/aromatic N) is 1. The van der Waals surface area contributed by atoms with Crippen molar-refractivity contribution in [3.8, 4) is 0 Å². The van der Waals surface area contributed by atoms with Crippen LogP contribution in [0, 0.1) is 34.5 Å². The Hall–Kier alpha value is -0.610. The van der Waals surface area contributed by atoms with Crippen molar-refractivity contribution in [2.45, 2.75) is 68.2 Å². The molecule has 0 radical (unpaired) electrons. The van der Waals surface area contributed by atoms with Gasteiger partial charge in [0.2, 0.25) is 0 Å². The number of likely N-dealkylation sites (tertiary alicyclic amines) is 1. The van der Waals surface area contributed by atoms with Gasteiger partial charge in [0.25, 0.3) is 0 Å². The molecule has 7 bridgehead atoms. The fraction of sp³-hybridized carbons (Fsp3) is 0.960. The van der Waals surface area contributed by atoms with E-state index in [1.807, 2.05) is 0 Å². The van der Waals surface area contributed by atoms with E-state index in [1.165, 1.54) is 0 Å². The highest BCUT2D eigenvalue weighted by molar-refractivity contribution is 5.90. The summed E-state index contributed by atoms with van der Waals surface area (Å²) in [6.45, 7) is 4.19. The van der Waals surface area contributed by atoms with E-state index in [1.54, 1.807) is 28.4 Å². The van der Waals surface area contributed by atoms with Gasteiger partial charge in [0, 0.05) is 64.1 Å². The van der Waals surface area contributed by atoms with Crippen LogP contribution in [0.2, 0.25) is 0 Å². The summed E-state index contributed by atoms with van der Waals surface area (Å²) < 4.78 is 24.1. The SMILES string of the molecule is CCN1C[C@]2(COC)CC[C@H](OC)[C@@]34C5C[C@H]6C(=O)C5[C@](O)(C[C@H]6OC)[C@@](O)(C(OC)C23)[C@H]14. The predicted molar refractivity (Wildman–Crippen MR) is 118 cm³/mol. The van der Waals surface area contributed by atoms with Gasteiger partial charge >= 0.3 is 0 Å². The number of methoxy groups -OCH3 is 4. The standard InChI is InChI=1S/C25H39NO7/c1-6-26-11-22(12-30-2)8-7-16(32-4)24-14-9-13-15(31-3)10-23(28,17(14)18(13)27)25(29,21(24)26)20(33-5)19(22)24/h13-17,19-21,28-29H,6-12H2,1-5H3/t13-,14?,15-,16+,17?,19?,20?,21-,22+,23-,24+,25-/m1/s1. The number of fused-ring (bicyclic) bond motifs is 2. The molecule has 8 nitrogen and oxygen atoms in total. The molecular formula is C25H39NO7. The average Bonchev–Trinajstić information content (AvgIpc) is 3.16. The fourth-order valence-corrected chi connectivity index (χ4v) is 10.7. The Balaban J connectivity index is 1.68. The van der Waals surface area contributed by atoms with Crippen molar-refractivity contribution in [1.82, 2.24) is 4.90 Å². The molecule has 1 aliphatic heterocycles. The van der Waals surface area contributed by atoms with Gasteiger partial charge in [0.15, 0.2) is 0 Å². The molecule has 1 heterocycles. The van der Waals surface area contributed by atoms with Gasteiger partial charge in [0.1, 0.15) is 17.0 Å². The molecule has 12 atom stereocenters. The number of carbonyl (C=O) groups excluding carboxylic acids is 1. The summed E-state index contributed by atoms with van der Waals surface area (Å²) in [4.78, 5) is 16.1. The van der Waals surface area contributed by atoms with E-state index in [9.17, 15) is 15.0 Å². The molecule has 0 aromatic heterocycles. The van der Waals surface area contributed by atoms with Crippen LogP contribution in [0.3, 0.4) is 0 Å². The maximum atomic E-state index is 13.8. The van der Waals surface area contributed by atoms with Crippen molar-refractivity contribution in [3.05, 3.63) is 0 Å². The lowest BCUT2D eigenvalue weighted by atomic mass is 9.42. The Bertz CT molecular complexity index is 855. The lowest BCUT2D eigenvalue weighted by molar-refractivity contribution is -0.301. The first-order valence-corrected chi connectivity index (χ1v) is 12.6. The Morgan fingerprint density at radius 3 is 2.48 bits per heavy atom. The smallest absolute Gasteiger partial charge is 0.144 e. The topological polar surface area (TPSA) is 97.7 Å². The quantitative estimate of drug-likeness (QED) is 0.585. The number of likely N-dealkylation sites (N-methyl/N-ethyl adjacent to an activating group) is 1. The number of hydrogen-bond donors (Lipinski definition) is 2. The van der Waals surface area contributed by atoms with Crippen LogP contribution >= 0.6 is 0 Å². The summed E-state index contributed by atoms with van der Waals surface area (Å²) in [5.41, 5.74) is -3.95. The number of carbonyl (C=O) groups is 1. The van der Waals surface area contributed by atoms with Crippen molar-refractivity contribution in [1.29, 1.82) is 0 Å². The molecule has 0 amide bonds. The minimum Gasteiger partial charge on any atom is -0.386 e. The van der Waals surface area contributed by atoms with Gasteiger partial charge in [0.05, 0.1) is 36.9 Å². The zero-order valence-electron chi connectivity index (χ0n) is 20.5. The minimum absolute atomic E-state index is 0.0498. The molecule has 2 N–H and O–H groups in total. The van der Waals surface area contributed by atoms with Gasteiger partial charge in [-0.1, -0.05) is 6.92 Å². The second kappa shape index (κ2) is 6.99. The Morgan fingerprint density at radius 1 is 1.12 bits per heavy atom. The summed E-state index contributed by atoms with van der Waals surface area (Å²) in [6.07, 6.45) is 1.53. The predicted octanol–water partition coefficient (Wildman–Crippen LogP) is 0.479. The Labute approximate surface area is 195 Å². The first-order valence-electron chi connectivity index (χ1n) is 12.6. The molecule has 8 heteroatoms. The number of Topliss-reactive ketones (excluding diaryl/α,β-unsaturated/α-hetero) is 1. The highest BCUT2D eigenvalue weighted by Crippen LogP contribution is 2.79. The number of hydrogen-bond acceptors (Lipinski definition) is 8. The largest absolute Gasteiger partial charge is 0.386 e. The van der Waals surface area contributed by atoms with Gasteiger partial charge in [-0.05, 0) is 31.7 Å². The molecule has 4 unspecified atom stereocenters. The normalized spacial score (nSPS) is 58.7. The van der Waals surface area contributed by atoms with E-state index in [0.717, 1.165) is 25.9 Å². The third-order valence-electron chi connectivity index (χ3n) is 11.2. The first kappa shape index (κ1) is 22.8. The molecule has 0 aromatic rings. The molecule has 1 spiro atoms. The Kier molecular flexibility index (Phi) is 4.84. The van der Waals surface area contributed by atoms with E-state index in [-0.39, 0.29) is 47.5 Å². The van der Waals surface area contributed by atoms with E-state index >= 15 is 0 Å². The average molecular weight is 466 g/mol. The van der Waals surface area contributed by atoms with E-state index < -0.39 is 34.7 Å². The zero-order valence-corrected chi connectivity index (χ0v) is 20.5. The van der Waals surface area contributed by atoms with Crippen LogP contribution in [0.25, 0.3) is 0 Å². The lowest BCUT2D eigenvalue weighted by Gasteiger charge is -2.69. The molecule has 5 aliphatic carbocycles. The van der Waals surface area contributed by atoms with Gasteiger partial charge in [-0.3, -0.25) is 9.69 Å². The maximum absolute atomic E-state index is 13.8. The highest BCUT2D eigenvalue weighted by atomic mass is 16.5. The molecule has 33 heavy (non-hydrogen) atoms. The zero-order chi connectivity index (χ0) is 23.6. The summed E-state index contributed by atoms with van der Waals surface area (Å²) in [5.74, 6) is -0.972. The minimum atomic E-state index is -1.61. The molecule has 6 aliphatic rings. The highest BCUT2D eigenvalue weighted by Gasteiger charge is 2.91. The third-order valence-corrected chi connectivity index (χ3v) is 11.2. The van der Waals surface area contributed by atoms with E-state index in [2.05, 4.69) is 11.8 Å². The molecular weight excluding hydrogens is 426 g/mol. The second-order valence-electron chi connectivity index (χ2n) is 11.7. The molecule has 6 rings (SSSR count). The van der Waals surface area contributed by atoms with Crippen LogP contribution in [0.5, 0.6) is 0 Å². The van der Waals surface area contributed by atoms with Crippen molar-refractivity contribution in [2.24, 2.45) is 34.5 Å². The van der Waals surface area contributed by atoms with Crippen LogP contribution in [0.4, 0.5) is 0 Å². The van der Waals surface area contributed by atoms with Crippen molar-refractivity contribution in [3.63, 3.8) is 0 Å². The van der Waals surface area contributed by atoms with Crippen LogP contribution in [-0.4, -0.2) is 105 Å². The summed E-state index contributed by atoms with van der Waals surface area (Å²) >= 11 is 0. The van der Waals surface area contributed by atoms with Gasteiger partial charge in [-0.15, -0.1) is 0 Å². The third kappa shape index (κ3) is 2.15. The summed E-state index contributed by atoms with van der Waals surface area (Å²) in [6, 6.07) is -0.353. The number of piperidine rings is 1. The lowest BCUT2D eigenvalue weighted by Crippen LogP contribution is -2.81. The van der Waals surface area contributed by atoms with Gasteiger partial charge < -0.3 is 29.2 Å². The van der Waals surface area contributed by atoms with Gasteiger partial charge in [-0.2, -0.15) is 0 Å². The van der Waals surface area contributed by atoms with Crippen molar-refractivity contribution >= 4 is 5.78 Å². The number of aliphatic hydroxyl groups is 2. The molecule has 5 saturated carbocycles. The molecule has 0 aromatic carbocycles. The van der Waals surface area contributed by atoms with Crippen LogP contribution in [0.15, 0.2) is 0 Å². The van der Waals surface area contributed by atoms with Crippen LogP contribution in [-0.2, 0) is 23.7 Å². The van der Waals surface area contributed by atoms with E-state index in [0.29, 0.717) is 13.0 Å². The van der Waals surface area contributed by atoms with E-state index in [4.69, 9.17) is 18.9 Å². The maximum Gasteiger partial charge on any atom is 0.144 e. The van der Waals surface area contributed by atoms with Crippen molar-refractivity contribution in [2.75, 3.05) is 48.1 Å². The summed E-state index contributed by atoms with van der Waals surface area (Å²) in [7, 11) is 6.75. The molecule has 6 fully saturated rings. The van der Waals surface area contributed by atoms with Crippen LogP contribution < -0.4 is 0 Å². The first-order chi connectivity index (χ1) is 15.8.